The lowest BCUT2D eigenvalue weighted by molar-refractivity contribution is 0.277. The zero-order valence-corrected chi connectivity index (χ0v) is 11.8. The van der Waals surface area contributed by atoms with Gasteiger partial charge in [-0.3, -0.25) is 0 Å². The Morgan fingerprint density at radius 3 is 2.82 bits per heavy atom. The summed E-state index contributed by atoms with van der Waals surface area (Å²) in [4.78, 5) is 2.92. The Balaban J connectivity index is 1.79. The van der Waals surface area contributed by atoms with Crippen LogP contribution in [0, 0.1) is 5.41 Å². The normalized spacial score (nSPS) is 28.8. The van der Waals surface area contributed by atoms with Crippen molar-refractivity contribution in [3.05, 3.63) is 21.9 Å². The van der Waals surface area contributed by atoms with E-state index in [1.54, 1.807) is 0 Å². The molecule has 3 heteroatoms. The van der Waals surface area contributed by atoms with Crippen LogP contribution in [0.3, 0.4) is 0 Å². The SMILES string of the molecule is CCc1ccc(CNCC2(C)CCCC2N)s1. The van der Waals surface area contributed by atoms with Gasteiger partial charge >= 0.3 is 0 Å². The Hall–Kier alpha value is -0.380. The monoisotopic (exact) mass is 252 g/mol. The summed E-state index contributed by atoms with van der Waals surface area (Å²) >= 11 is 1.92. The van der Waals surface area contributed by atoms with Crippen LogP contribution in [0.15, 0.2) is 12.1 Å². The molecule has 1 heterocycles. The molecule has 0 amide bonds. The maximum atomic E-state index is 6.18. The molecule has 17 heavy (non-hydrogen) atoms. The van der Waals surface area contributed by atoms with Crippen molar-refractivity contribution in [1.82, 2.24) is 5.32 Å². The van der Waals surface area contributed by atoms with Gasteiger partial charge in [-0.05, 0) is 36.8 Å². The second-order valence-corrected chi connectivity index (χ2v) is 6.73. The number of aryl methyl sites for hydroxylation is 1. The third-order valence-electron chi connectivity index (χ3n) is 4.05. The Morgan fingerprint density at radius 2 is 2.24 bits per heavy atom. The van der Waals surface area contributed by atoms with Crippen molar-refractivity contribution in [1.29, 1.82) is 0 Å². The fourth-order valence-electron chi connectivity index (χ4n) is 2.66. The third-order valence-corrected chi connectivity index (χ3v) is 5.28. The molecule has 0 aromatic carbocycles. The first-order valence-corrected chi connectivity index (χ1v) is 7.49. The van der Waals surface area contributed by atoms with Crippen LogP contribution in [0.25, 0.3) is 0 Å². The summed E-state index contributed by atoms with van der Waals surface area (Å²) in [7, 11) is 0. The average Bonchev–Trinajstić information content (AvgIpc) is 2.88. The summed E-state index contributed by atoms with van der Waals surface area (Å²) in [5.74, 6) is 0. The molecule has 2 rings (SSSR count). The number of thiophene rings is 1. The van der Waals surface area contributed by atoms with E-state index in [1.807, 2.05) is 11.3 Å². The molecule has 0 spiro atoms. The molecule has 3 N–H and O–H groups in total. The Morgan fingerprint density at radius 1 is 1.47 bits per heavy atom. The van der Waals surface area contributed by atoms with Crippen molar-refractivity contribution >= 4 is 11.3 Å². The summed E-state index contributed by atoms with van der Waals surface area (Å²) in [6, 6.07) is 4.86. The van der Waals surface area contributed by atoms with Gasteiger partial charge in [0.15, 0.2) is 0 Å². The van der Waals surface area contributed by atoms with E-state index in [2.05, 4.69) is 31.3 Å². The van der Waals surface area contributed by atoms with Gasteiger partial charge in [0.1, 0.15) is 0 Å². The summed E-state index contributed by atoms with van der Waals surface area (Å²) in [5, 5.41) is 3.58. The molecule has 2 nitrogen and oxygen atoms in total. The lowest BCUT2D eigenvalue weighted by Crippen LogP contribution is -2.42. The summed E-state index contributed by atoms with van der Waals surface area (Å²) in [6.45, 7) is 6.58. The van der Waals surface area contributed by atoms with Crippen LogP contribution in [0.1, 0.15) is 42.9 Å². The topological polar surface area (TPSA) is 38.0 Å². The smallest absolute Gasteiger partial charge is 0.0300 e. The molecule has 1 fully saturated rings. The largest absolute Gasteiger partial charge is 0.327 e. The molecule has 1 aromatic heterocycles. The second kappa shape index (κ2) is 5.51. The molecule has 1 aliphatic carbocycles. The van der Waals surface area contributed by atoms with E-state index in [0.717, 1.165) is 19.5 Å². The van der Waals surface area contributed by atoms with Crippen molar-refractivity contribution in [2.24, 2.45) is 11.1 Å². The van der Waals surface area contributed by atoms with Crippen LogP contribution < -0.4 is 11.1 Å². The highest BCUT2D eigenvalue weighted by Gasteiger charge is 2.35. The first-order valence-electron chi connectivity index (χ1n) is 6.68. The quantitative estimate of drug-likeness (QED) is 0.845. The highest BCUT2D eigenvalue weighted by atomic mass is 32.1. The number of rotatable bonds is 5. The van der Waals surface area contributed by atoms with Crippen LogP contribution >= 0.6 is 11.3 Å². The van der Waals surface area contributed by atoms with Crippen LogP contribution in [0.4, 0.5) is 0 Å². The van der Waals surface area contributed by atoms with E-state index in [9.17, 15) is 0 Å². The minimum atomic E-state index is 0.310. The molecule has 1 saturated carbocycles. The van der Waals surface area contributed by atoms with Gasteiger partial charge < -0.3 is 11.1 Å². The van der Waals surface area contributed by atoms with Gasteiger partial charge in [0.2, 0.25) is 0 Å². The van der Waals surface area contributed by atoms with Crippen molar-refractivity contribution in [3.63, 3.8) is 0 Å². The molecule has 0 bridgehead atoms. The molecule has 96 valence electrons. The summed E-state index contributed by atoms with van der Waals surface area (Å²) in [5.41, 5.74) is 6.49. The van der Waals surface area contributed by atoms with Gasteiger partial charge in [0.25, 0.3) is 0 Å². The zero-order valence-electron chi connectivity index (χ0n) is 11.0. The van der Waals surface area contributed by atoms with Crippen molar-refractivity contribution in [2.45, 2.75) is 52.1 Å². The third kappa shape index (κ3) is 3.09. The van der Waals surface area contributed by atoms with E-state index >= 15 is 0 Å². The molecule has 2 unspecified atom stereocenters. The highest BCUT2D eigenvalue weighted by molar-refractivity contribution is 7.11. The Kier molecular flexibility index (Phi) is 4.23. The Bertz CT molecular complexity index is 361. The predicted octanol–water partition coefficient (Wildman–Crippen LogP) is 2.92. The maximum absolute atomic E-state index is 6.18. The number of hydrogen-bond acceptors (Lipinski definition) is 3. The average molecular weight is 252 g/mol. The second-order valence-electron chi connectivity index (χ2n) is 5.48. The summed E-state index contributed by atoms with van der Waals surface area (Å²) in [6.07, 6.45) is 4.90. The van der Waals surface area contributed by atoms with Gasteiger partial charge in [0, 0.05) is 28.9 Å². The van der Waals surface area contributed by atoms with Crippen LogP contribution in [-0.2, 0) is 13.0 Å². The van der Waals surface area contributed by atoms with Crippen LogP contribution in [0.2, 0.25) is 0 Å². The molecule has 1 aliphatic rings. The number of nitrogens with two attached hydrogens (primary N) is 1. The molecule has 0 radical (unpaired) electrons. The van der Waals surface area contributed by atoms with E-state index in [4.69, 9.17) is 5.73 Å². The molecule has 2 atom stereocenters. The van der Waals surface area contributed by atoms with Gasteiger partial charge in [0.05, 0.1) is 0 Å². The fourth-order valence-corrected chi connectivity index (χ4v) is 3.59. The summed E-state index contributed by atoms with van der Waals surface area (Å²) < 4.78 is 0. The van der Waals surface area contributed by atoms with E-state index in [1.165, 1.54) is 29.0 Å². The molecular formula is C14H24N2S. The standard InChI is InChI=1S/C14H24N2S/c1-3-11-6-7-12(17-11)9-16-10-14(2)8-4-5-13(14)15/h6-7,13,16H,3-5,8-10,15H2,1-2H3. The van der Waals surface area contributed by atoms with Gasteiger partial charge in [-0.25, -0.2) is 0 Å². The van der Waals surface area contributed by atoms with E-state index in [-0.39, 0.29) is 0 Å². The van der Waals surface area contributed by atoms with Crippen molar-refractivity contribution in [3.8, 4) is 0 Å². The first kappa shape index (κ1) is 13.1. The van der Waals surface area contributed by atoms with Gasteiger partial charge in [-0.1, -0.05) is 20.3 Å². The maximum Gasteiger partial charge on any atom is 0.0300 e. The Labute approximate surface area is 109 Å². The zero-order chi connectivity index (χ0) is 12.3. The van der Waals surface area contributed by atoms with Crippen molar-refractivity contribution < 1.29 is 0 Å². The molecule has 0 saturated heterocycles. The highest BCUT2D eigenvalue weighted by Crippen LogP contribution is 2.35. The number of nitrogens with one attached hydrogen (secondary N) is 1. The van der Waals surface area contributed by atoms with Crippen molar-refractivity contribution in [2.75, 3.05) is 6.54 Å². The lowest BCUT2D eigenvalue weighted by atomic mass is 9.85. The number of hydrogen-bond donors (Lipinski definition) is 2. The van der Waals surface area contributed by atoms with Crippen LogP contribution in [-0.4, -0.2) is 12.6 Å². The molecule has 1 aromatic rings. The van der Waals surface area contributed by atoms with E-state index < -0.39 is 0 Å². The minimum absolute atomic E-state index is 0.310. The molecule has 0 aliphatic heterocycles. The minimum Gasteiger partial charge on any atom is -0.327 e. The van der Waals surface area contributed by atoms with Crippen LogP contribution in [0.5, 0.6) is 0 Å². The van der Waals surface area contributed by atoms with Gasteiger partial charge in [-0.2, -0.15) is 0 Å². The fraction of sp³-hybridized carbons (Fsp3) is 0.714. The lowest BCUT2D eigenvalue weighted by Gasteiger charge is -2.29. The van der Waals surface area contributed by atoms with Gasteiger partial charge in [-0.15, -0.1) is 11.3 Å². The first-order chi connectivity index (χ1) is 8.14. The van der Waals surface area contributed by atoms with E-state index in [0.29, 0.717) is 11.5 Å². The molecular weight excluding hydrogens is 228 g/mol. The predicted molar refractivity (Wildman–Crippen MR) is 75.3 cm³/mol.